The first-order valence-corrected chi connectivity index (χ1v) is 11.9. The Bertz CT molecular complexity index is 1050. The van der Waals surface area contributed by atoms with Crippen molar-refractivity contribution in [3.8, 4) is 10.4 Å². The summed E-state index contributed by atoms with van der Waals surface area (Å²) in [5, 5.41) is 17.4. The summed E-state index contributed by atoms with van der Waals surface area (Å²) in [5.74, 6) is -1.60. The minimum atomic E-state index is -1.79. The molecule has 33 heavy (non-hydrogen) atoms. The molecule has 1 aromatic carbocycles. The Morgan fingerprint density at radius 2 is 1.94 bits per heavy atom. The maximum Gasteiger partial charge on any atom is 0.249 e. The molecule has 2 aromatic rings. The SMILES string of the molecule is CC(=O)N[C@H](C(=O)N1C[C@H](O)C[C@H]1C(=O)NCc1ccc(-c2sccc2C)cc1)C1(F)CC1. The van der Waals surface area contributed by atoms with Crippen LogP contribution in [0.25, 0.3) is 10.4 Å². The zero-order valence-corrected chi connectivity index (χ0v) is 19.5. The molecule has 2 fully saturated rings. The number of rotatable bonds is 7. The normalized spacial score (nSPS) is 22.0. The number of aryl methyl sites for hydroxylation is 1. The summed E-state index contributed by atoms with van der Waals surface area (Å²) in [6.07, 6.45) is -0.457. The minimum Gasteiger partial charge on any atom is -0.391 e. The fourth-order valence-electron chi connectivity index (χ4n) is 4.24. The predicted octanol–water partition coefficient (Wildman–Crippen LogP) is 2.31. The quantitative estimate of drug-likeness (QED) is 0.575. The molecule has 9 heteroatoms. The van der Waals surface area contributed by atoms with Gasteiger partial charge >= 0.3 is 0 Å². The molecule has 1 saturated carbocycles. The van der Waals surface area contributed by atoms with Gasteiger partial charge in [0, 0.05) is 31.3 Å². The number of alkyl halides is 1. The zero-order chi connectivity index (χ0) is 23.8. The zero-order valence-electron chi connectivity index (χ0n) is 18.6. The summed E-state index contributed by atoms with van der Waals surface area (Å²) in [7, 11) is 0. The number of nitrogens with one attached hydrogen (secondary N) is 2. The van der Waals surface area contributed by atoms with E-state index >= 15 is 0 Å². The molecule has 176 valence electrons. The smallest absolute Gasteiger partial charge is 0.249 e. The van der Waals surface area contributed by atoms with Crippen LogP contribution >= 0.6 is 11.3 Å². The highest BCUT2D eigenvalue weighted by molar-refractivity contribution is 7.13. The van der Waals surface area contributed by atoms with E-state index in [9.17, 15) is 23.9 Å². The van der Waals surface area contributed by atoms with Gasteiger partial charge in [-0.25, -0.2) is 4.39 Å². The van der Waals surface area contributed by atoms with E-state index in [1.54, 1.807) is 11.3 Å². The predicted molar refractivity (Wildman–Crippen MR) is 123 cm³/mol. The largest absolute Gasteiger partial charge is 0.391 e. The molecule has 2 aliphatic rings. The maximum absolute atomic E-state index is 14.8. The third-order valence-electron chi connectivity index (χ3n) is 6.25. The summed E-state index contributed by atoms with van der Waals surface area (Å²) in [6.45, 7) is 3.48. The van der Waals surface area contributed by atoms with Crippen LogP contribution in [0.4, 0.5) is 4.39 Å². The van der Waals surface area contributed by atoms with Crippen molar-refractivity contribution in [3.63, 3.8) is 0 Å². The number of aliphatic hydroxyl groups excluding tert-OH is 1. The van der Waals surface area contributed by atoms with Crippen LogP contribution in [0.2, 0.25) is 0 Å². The van der Waals surface area contributed by atoms with Gasteiger partial charge in [0.25, 0.3) is 0 Å². The number of hydrogen-bond acceptors (Lipinski definition) is 5. The summed E-state index contributed by atoms with van der Waals surface area (Å²) < 4.78 is 14.8. The van der Waals surface area contributed by atoms with Crippen LogP contribution in [0.3, 0.4) is 0 Å². The van der Waals surface area contributed by atoms with Gasteiger partial charge in [-0.2, -0.15) is 0 Å². The van der Waals surface area contributed by atoms with E-state index in [-0.39, 0.29) is 32.4 Å². The lowest BCUT2D eigenvalue weighted by atomic mass is 10.1. The van der Waals surface area contributed by atoms with Gasteiger partial charge in [0.15, 0.2) is 0 Å². The first kappa shape index (κ1) is 23.4. The van der Waals surface area contributed by atoms with E-state index in [0.717, 1.165) is 11.1 Å². The highest BCUT2D eigenvalue weighted by Gasteiger charge is 2.56. The molecular weight excluding hydrogens is 445 g/mol. The third-order valence-corrected chi connectivity index (χ3v) is 7.31. The van der Waals surface area contributed by atoms with Gasteiger partial charge in [-0.05, 0) is 47.9 Å². The fraction of sp³-hybridized carbons (Fsp3) is 0.458. The van der Waals surface area contributed by atoms with Gasteiger partial charge in [0.1, 0.15) is 17.8 Å². The molecule has 3 atom stereocenters. The van der Waals surface area contributed by atoms with E-state index in [0.29, 0.717) is 0 Å². The summed E-state index contributed by atoms with van der Waals surface area (Å²) in [6, 6.07) is 7.69. The third kappa shape index (κ3) is 5.09. The van der Waals surface area contributed by atoms with Crippen molar-refractivity contribution < 1.29 is 23.9 Å². The second kappa shape index (κ2) is 9.23. The monoisotopic (exact) mass is 473 g/mol. The average Bonchev–Trinajstić information content (AvgIpc) is 3.18. The Morgan fingerprint density at radius 1 is 1.24 bits per heavy atom. The van der Waals surface area contributed by atoms with Crippen molar-refractivity contribution in [1.82, 2.24) is 15.5 Å². The molecular formula is C24H28FN3O4S. The van der Waals surface area contributed by atoms with Crippen LogP contribution < -0.4 is 10.6 Å². The Balaban J connectivity index is 1.41. The molecule has 2 heterocycles. The Labute approximate surface area is 196 Å². The summed E-state index contributed by atoms with van der Waals surface area (Å²) in [4.78, 5) is 39.9. The average molecular weight is 474 g/mol. The molecule has 0 bridgehead atoms. The van der Waals surface area contributed by atoms with E-state index in [2.05, 4.69) is 23.6 Å². The molecule has 0 radical (unpaired) electrons. The molecule has 1 saturated heterocycles. The number of halogens is 1. The van der Waals surface area contributed by atoms with Gasteiger partial charge in [-0.1, -0.05) is 24.3 Å². The van der Waals surface area contributed by atoms with E-state index in [1.165, 1.54) is 22.3 Å². The first-order valence-electron chi connectivity index (χ1n) is 11.0. The van der Waals surface area contributed by atoms with Gasteiger partial charge in [-0.3, -0.25) is 14.4 Å². The molecule has 0 spiro atoms. The molecule has 3 amide bonds. The van der Waals surface area contributed by atoms with Crippen LogP contribution in [0, 0.1) is 6.92 Å². The number of nitrogens with zero attached hydrogens (tertiary/aromatic N) is 1. The minimum absolute atomic E-state index is 0.0697. The second-order valence-corrected chi connectivity index (χ2v) is 9.83. The lowest BCUT2D eigenvalue weighted by molar-refractivity contribution is -0.143. The Morgan fingerprint density at radius 3 is 2.52 bits per heavy atom. The Kier molecular flexibility index (Phi) is 6.54. The van der Waals surface area contributed by atoms with Crippen molar-refractivity contribution in [3.05, 3.63) is 46.8 Å². The van der Waals surface area contributed by atoms with Crippen LogP contribution in [0.15, 0.2) is 35.7 Å². The van der Waals surface area contributed by atoms with Crippen LogP contribution in [0.5, 0.6) is 0 Å². The van der Waals surface area contributed by atoms with Gasteiger partial charge in [0.2, 0.25) is 17.7 Å². The number of likely N-dealkylation sites (tertiary alicyclic amines) is 1. The molecule has 3 N–H and O–H groups in total. The topological polar surface area (TPSA) is 98.7 Å². The maximum atomic E-state index is 14.8. The van der Waals surface area contributed by atoms with Crippen molar-refractivity contribution >= 4 is 29.1 Å². The van der Waals surface area contributed by atoms with Gasteiger partial charge in [-0.15, -0.1) is 11.3 Å². The lowest BCUT2D eigenvalue weighted by Crippen LogP contribution is -2.57. The van der Waals surface area contributed by atoms with Crippen molar-refractivity contribution in [2.45, 2.75) is 63.5 Å². The van der Waals surface area contributed by atoms with Crippen molar-refractivity contribution in [2.75, 3.05) is 6.54 Å². The molecule has 0 unspecified atom stereocenters. The van der Waals surface area contributed by atoms with Crippen molar-refractivity contribution in [1.29, 1.82) is 0 Å². The number of hydrogen-bond donors (Lipinski definition) is 3. The highest BCUT2D eigenvalue weighted by Crippen LogP contribution is 2.44. The van der Waals surface area contributed by atoms with E-state index in [4.69, 9.17) is 0 Å². The van der Waals surface area contributed by atoms with E-state index < -0.39 is 41.6 Å². The lowest BCUT2D eigenvalue weighted by Gasteiger charge is -2.30. The molecule has 1 aliphatic heterocycles. The number of aliphatic hydroxyl groups is 1. The van der Waals surface area contributed by atoms with Crippen LogP contribution in [-0.2, 0) is 20.9 Å². The molecule has 4 rings (SSSR count). The summed E-state index contributed by atoms with van der Waals surface area (Å²) >= 11 is 1.67. The standard InChI is InChI=1S/C24H28FN3O4S/c1-14-7-10-33-20(14)17-5-3-16(4-6-17)12-26-22(31)19-11-18(30)13-28(19)23(32)21(27-15(2)29)24(25)8-9-24/h3-7,10,18-19,21,30H,8-9,11-13H2,1-2H3,(H,26,31)(H,27,29)/t18-,19+,21-/m1/s1. The number of carbonyl (C=O) groups excluding carboxylic acids is 3. The Hall–Kier alpha value is -2.78. The molecule has 7 nitrogen and oxygen atoms in total. The van der Waals surface area contributed by atoms with E-state index in [1.807, 2.05) is 29.6 Å². The van der Waals surface area contributed by atoms with Crippen molar-refractivity contribution in [2.24, 2.45) is 0 Å². The number of benzene rings is 1. The number of β-amino-alcohol motifs (C(OH)–C–C–N with tert-alkyl or cyclic N) is 1. The van der Waals surface area contributed by atoms with Crippen LogP contribution in [0.1, 0.15) is 37.3 Å². The van der Waals surface area contributed by atoms with Crippen LogP contribution in [-0.4, -0.2) is 58.1 Å². The highest BCUT2D eigenvalue weighted by atomic mass is 32.1. The summed E-state index contributed by atoms with van der Waals surface area (Å²) in [5.41, 5.74) is 1.43. The first-order chi connectivity index (χ1) is 15.7. The second-order valence-electron chi connectivity index (χ2n) is 8.91. The van der Waals surface area contributed by atoms with Gasteiger partial charge in [0.05, 0.1) is 6.10 Å². The number of thiophene rings is 1. The fourth-order valence-corrected chi connectivity index (χ4v) is 5.18. The number of carbonyl (C=O) groups is 3. The molecule has 1 aliphatic carbocycles. The van der Waals surface area contributed by atoms with Gasteiger partial charge < -0.3 is 20.6 Å². The molecule has 1 aromatic heterocycles. The number of amides is 3.